The van der Waals surface area contributed by atoms with E-state index in [4.69, 9.17) is 29.6 Å². The van der Waals surface area contributed by atoms with E-state index in [1.54, 1.807) is 25.1 Å². The van der Waals surface area contributed by atoms with Gasteiger partial charge in [0.2, 0.25) is 0 Å². The molecule has 0 aromatic heterocycles. The second-order valence-electron chi connectivity index (χ2n) is 4.60. The molecule has 0 saturated heterocycles. The highest BCUT2D eigenvalue weighted by Gasteiger charge is 2.15. The summed E-state index contributed by atoms with van der Waals surface area (Å²) in [4.78, 5) is -0.0535. The fourth-order valence-electron chi connectivity index (χ4n) is 1.93. The van der Waals surface area contributed by atoms with Crippen LogP contribution in [0, 0.1) is 11.6 Å². The third kappa shape index (κ3) is 3.68. The number of hydrogen-bond acceptors (Lipinski definition) is 2. The average Bonchev–Trinajstić information content (AvgIpc) is 2.42. The smallest absolute Gasteiger partial charge is 0.150 e. The molecule has 0 spiro atoms. The number of halogens is 3. The van der Waals surface area contributed by atoms with Gasteiger partial charge in [0.15, 0.2) is 0 Å². The standard InChI is InChI=1S/C15H13ClF2N2S/c1-8(9-3-2-4-11(16)5-9)20-14-12(17)6-10(15(19)21)7-13(14)18/h2-8,20H,1H3,(H2,19,21). The van der Waals surface area contributed by atoms with Gasteiger partial charge in [0, 0.05) is 16.6 Å². The van der Waals surface area contributed by atoms with Gasteiger partial charge in [-0.05, 0) is 36.8 Å². The third-order valence-corrected chi connectivity index (χ3v) is 3.51. The Morgan fingerprint density at radius 2 is 1.86 bits per heavy atom. The molecule has 21 heavy (non-hydrogen) atoms. The Hall–Kier alpha value is -1.72. The number of thiocarbonyl (C=S) groups is 1. The summed E-state index contributed by atoms with van der Waals surface area (Å²) in [7, 11) is 0. The molecule has 2 rings (SSSR count). The Bertz CT molecular complexity index is 668. The first kappa shape index (κ1) is 15.7. The fraction of sp³-hybridized carbons (Fsp3) is 0.133. The molecular weight excluding hydrogens is 314 g/mol. The SMILES string of the molecule is CC(Nc1c(F)cc(C(N)=S)cc1F)c1cccc(Cl)c1. The normalized spacial score (nSPS) is 12.0. The van der Waals surface area contributed by atoms with Crippen molar-refractivity contribution in [1.29, 1.82) is 0 Å². The van der Waals surface area contributed by atoms with Crippen molar-refractivity contribution >= 4 is 34.5 Å². The quantitative estimate of drug-likeness (QED) is 0.816. The summed E-state index contributed by atoms with van der Waals surface area (Å²) in [6.45, 7) is 1.78. The number of nitrogens with two attached hydrogens (primary N) is 1. The first-order valence-corrected chi connectivity index (χ1v) is 6.98. The van der Waals surface area contributed by atoms with E-state index in [2.05, 4.69) is 5.32 Å². The van der Waals surface area contributed by atoms with Gasteiger partial charge in [-0.3, -0.25) is 0 Å². The molecule has 0 aliphatic heterocycles. The average molecular weight is 327 g/mol. The molecule has 0 saturated carbocycles. The molecule has 110 valence electrons. The van der Waals surface area contributed by atoms with E-state index in [9.17, 15) is 8.78 Å². The lowest BCUT2D eigenvalue weighted by atomic mass is 10.1. The molecular formula is C15H13ClF2N2S. The zero-order valence-corrected chi connectivity index (χ0v) is 12.7. The summed E-state index contributed by atoms with van der Waals surface area (Å²) in [5, 5.41) is 3.36. The summed E-state index contributed by atoms with van der Waals surface area (Å²) in [5.41, 5.74) is 6.13. The number of anilines is 1. The summed E-state index contributed by atoms with van der Waals surface area (Å²) in [6, 6.07) is 8.97. The minimum atomic E-state index is -0.744. The Labute approximate surface area is 131 Å². The molecule has 0 bridgehead atoms. The highest BCUT2D eigenvalue weighted by atomic mass is 35.5. The largest absolute Gasteiger partial charge is 0.389 e. The van der Waals surface area contributed by atoms with Crippen molar-refractivity contribution < 1.29 is 8.78 Å². The minimum absolute atomic E-state index is 0.0535. The van der Waals surface area contributed by atoms with Crippen LogP contribution >= 0.6 is 23.8 Å². The number of benzene rings is 2. The van der Waals surface area contributed by atoms with Crippen LogP contribution in [-0.4, -0.2) is 4.99 Å². The molecule has 3 N–H and O–H groups in total. The molecule has 0 fully saturated rings. The molecule has 1 unspecified atom stereocenters. The molecule has 2 nitrogen and oxygen atoms in total. The van der Waals surface area contributed by atoms with Crippen LogP contribution in [0.5, 0.6) is 0 Å². The lowest BCUT2D eigenvalue weighted by molar-refractivity contribution is 0.584. The van der Waals surface area contributed by atoms with Gasteiger partial charge >= 0.3 is 0 Å². The van der Waals surface area contributed by atoms with E-state index in [1.165, 1.54) is 0 Å². The van der Waals surface area contributed by atoms with Crippen molar-refractivity contribution in [3.63, 3.8) is 0 Å². The number of nitrogens with one attached hydrogen (secondary N) is 1. The lowest BCUT2D eigenvalue weighted by Crippen LogP contribution is -2.13. The second-order valence-corrected chi connectivity index (χ2v) is 5.48. The van der Waals surface area contributed by atoms with Crippen LogP contribution in [0.1, 0.15) is 24.1 Å². The van der Waals surface area contributed by atoms with E-state index in [0.29, 0.717) is 5.02 Å². The van der Waals surface area contributed by atoms with Gasteiger partial charge in [-0.25, -0.2) is 8.78 Å². The summed E-state index contributed by atoms with van der Waals surface area (Å²) in [5.74, 6) is -1.49. The van der Waals surface area contributed by atoms with E-state index >= 15 is 0 Å². The second kappa shape index (κ2) is 6.37. The Kier molecular flexibility index (Phi) is 4.75. The first-order chi connectivity index (χ1) is 9.88. The van der Waals surface area contributed by atoms with Gasteiger partial charge in [-0.1, -0.05) is 36.0 Å². The van der Waals surface area contributed by atoms with E-state index in [1.807, 2.05) is 6.07 Å². The van der Waals surface area contributed by atoms with Crippen molar-refractivity contribution in [2.75, 3.05) is 5.32 Å². The first-order valence-electron chi connectivity index (χ1n) is 6.19. The van der Waals surface area contributed by atoms with Crippen LogP contribution in [0.25, 0.3) is 0 Å². The Morgan fingerprint density at radius 3 is 2.38 bits per heavy atom. The van der Waals surface area contributed by atoms with E-state index in [0.717, 1.165) is 17.7 Å². The highest BCUT2D eigenvalue weighted by Crippen LogP contribution is 2.26. The lowest BCUT2D eigenvalue weighted by Gasteiger charge is -2.17. The van der Waals surface area contributed by atoms with Crippen LogP contribution in [0.2, 0.25) is 5.02 Å². The van der Waals surface area contributed by atoms with Crippen LogP contribution in [0.3, 0.4) is 0 Å². The maximum Gasteiger partial charge on any atom is 0.150 e. The van der Waals surface area contributed by atoms with Gasteiger partial charge in [0.25, 0.3) is 0 Å². The summed E-state index contributed by atoms with van der Waals surface area (Å²) < 4.78 is 28.0. The molecule has 1 atom stereocenters. The van der Waals surface area contributed by atoms with E-state index < -0.39 is 11.6 Å². The monoisotopic (exact) mass is 326 g/mol. The van der Waals surface area contributed by atoms with Crippen LogP contribution in [-0.2, 0) is 0 Å². The van der Waals surface area contributed by atoms with Crippen molar-refractivity contribution in [3.05, 3.63) is 64.2 Å². The van der Waals surface area contributed by atoms with Crippen LogP contribution < -0.4 is 11.1 Å². The van der Waals surface area contributed by atoms with Gasteiger partial charge in [-0.2, -0.15) is 0 Å². The molecule has 0 heterocycles. The van der Waals surface area contributed by atoms with Crippen molar-refractivity contribution in [1.82, 2.24) is 0 Å². The van der Waals surface area contributed by atoms with Gasteiger partial charge in [-0.15, -0.1) is 0 Å². The minimum Gasteiger partial charge on any atom is -0.389 e. The van der Waals surface area contributed by atoms with Crippen molar-refractivity contribution in [2.24, 2.45) is 5.73 Å². The topological polar surface area (TPSA) is 38.0 Å². The Balaban J connectivity index is 2.29. The molecule has 6 heteroatoms. The van der Waals surface area contributed by atoms with Crippen molar-refractivity contribution in [2.45, 2.75) is 13.0 Å². The van der Waals surface area contributed by atoms with Crippen molar-refractivity contribution in [3.8, 4) is 0 Å². The van der Waals surface area contributed by atoms with Gasteiger partial charge in [0.1, 0.15) is 22.3 Å². The predicted molar refractivity (Wildman–Crippen MR) is 85.7 cm³/mol. The molecule has 0 aliphatic carbocycles. The highest BCUT2D eigenvalue weighted by molar-refractivity contribution is 7.80. The number of rotatable bonds is 4. The maximum atomic E-state index is 14.0. The maximum absolute atomic E-state index is 14.0. The van der Waals surface area contributed by atoms with E-state index in [-0.39, 0.29) is 22.3 Å². The predicted octanol–water partition coefficient (Wildman–Crippen LogP) is 4.43. The zero-order valence-electron chi connectivity index (χ0n) is 11.2. The van der Waals surface area contributed by atoms with Gasteiger partial charge in [0.05, 0.1) is 0 Å². The number of hydrogen-bond donors (Lipinski definition) is 2. The fourth-order valence-corrected chi connectivity index (χ4v) is 2.25. The molecule has 0 radical (unpaired) electrons. The zero-order chi connectivity index (χ0) is 15.6. The molecule has 0 aliphatic rings. The van der Waals surface area contributed by atoms with Crippen LogP contribution in [0.15, 0.2) is 36.4 Å². The molecule has 2 aromatic rings. The molecule has 0 amide bonds. The Morgan fingerprint density at radius 1 is 1.24 bits per heavy atom. The third-order valence-electron chi connectivity index (χ3n) is 3.04. The van der Waals surface area contributed by atoms with Crippen LogP contribution in [0.4, 0.5) is 14.5 Å². The summed E-state index contributed by atoms with van der Waals surface area (Å²) >= 11 is 10.6. The molecule has 2 aromatic carbocycles. The van der Waals surface area contributed by atoms with Gasteiger partial charge < -0.3 is 11.1 Å². The summed E-state index contributed by atoms with van der Waals surface area (Å²) in [6.07, 6.45) is 0.